The predicted octanol–water partition coefficient (Wildman–Crippen LogP) is 0.915. The fourth-order valence-electron chi connectivity index (χ4n) is 1.67. The van der Waals surface area contributed by atoms with Crippen molar-refractivity contribution in [1.29, 1.82) is 0 Å². The molecule has 0 atom stereocenters. The van der Waals surface area contributed by atoms with E-state index in [0.29, 0.717) is 15.6 Å². The molecule has 1 aromatic carbocycles. The highest BCUT2D eigenvalue weighted by atomic mass is 79.9. The molecular formula is C12H18BrNO5S2. The second-order valence-corrected chi connectivity index (χ2v) is 9.91. The van der Waals surface area contributed by atoms with Crippen LogP contribution in [-0.4, -0.2) is 51.8 Å². The number of sulfone groups is 1. The summed E-state index contributed by atoms with van der Waals surface area (Å²) in [5.41, 5.74) is 1.16. The molecule has 9 heteroatoms. The second-order valence-electron chi connectivity index (χ2n) is 4.84. The number of halogens is 1. The third-order valence-electron chi connectivity index (χ3n) is 2.93. The van der Waals surface area contributed by atoms with Gasteiger partial charge in [-0.15, -0.1) is 0 Å². The Morgan fingerprint density at radius 3 is 2.29 bits per heavy atom. The number of benzene rings is 1. The monoisotopic (exact) mass is 399 g/mol. The van der Waals surface area contributed by atoms with E-state index in [1.165, 1.54) is 13.1 Å². The van der Waals surface area contributed by atoms with Gasteiger partial charge in [0.05, 0.1) is 17.3 Å². The maximum atomic E-state index is 12.5. The van der Waals surface area contributed by atoms with Gasteiger partial charge in [0.1, 0.15) is 9.84 Å². The molecule has 1 N–H and O–H groups in total. The topological polar surface area (TPSA) is 91.8 Å². The van der Waals surface area contributed by atoms with E-state index in [1.807, 2.05) is 0 Å². The first kappa shape index (κ1) is 18.6. The minimum Gasteiger partial charge on any atom is -0.392 e. The van der Waals surface area contributed by atoms with Crippen LogP contribution in [0.15, 0.2) is 21.5 Å². The van der Waals surface area contributed by atoms with Crippen LogP contribution in [0.5, 0.6) is 0 Å². The minimum atomic E-state index is -3.84. The lowest BCUT2D eigenvalue weighted by atomic mass is 10.1. The molecule has 0 saturated heterocycles. The van der Waals surface area contributed by atoms with E-state index in [9.17, 15) is 21.9 Å². The molecule has 0 aliphatic rings. The highest BCUT2D eigenvalue weighted by molar-refractivity contribution is 9.10. The van der Waals surface area contributed by atoms with Gasteiger partial charge in [0.2, 0.25) is 10.0 Å². The maximum absolute atomic E-state index is 12.5. The van der Waals surface area contributed by atoms with Crippen LogP contribution < -0.4 is 0 Å². The van der Waals surface area contributed by atoms with Gasteiger partial charge in [-0.3, -0.25) is 0 Å². The number of rotatable bonds is 6. The minimum absolute atomic E-state index is 0.0163. The molecule has 0 bridgehead atoms. The zero-order valence-electron chi connectivity index (χ0n) is 12.0. The molecule has 0 aromatic heterocycles. The van der Waals surface area contributed by atoms with E-state index in [0.717, 1.165) is 10.6 Å². The van der Waals surface area contributed by atoms with Crippen LogP contribution in [0.4, 0.5) is 0 Å². The Bertz CT molecular complexity index is 728. The Kier molecular flexibility index (Phi) is 5.96. The van der Waals surface area contributed by atoms with Crippen molar-refractivity contribution in [3.63, 3.8) is 0 Å². The Balaban J connectivity index is 3.21. The van der Waals surface area contributed by atoms with Crippen molar-refractivity contribution in [3.05, 3.63) is 27.7 Å². The Morgan fingerprint density at radius 1 is 1.24 bits per heavy atom. The summed E-state index contributed by atoms with van der Waals surface area (Å²) in [7, 11) is -5.76. The summed E-state index contributed by atoms with van der Waals surface area (Å²) < 4.78 is 48.7. The molecule has 1 rings (SSSR count). The molecule has 6 nitrogen and oxygen atoms in total. The number of hydrogen-bond acceptors (Lipinski definition) is 5. The van der Waals surface area contributed by atoms with Crippen LogP contribution in [0.1, 0.15) is 11.1 Å². The van der Waals surface area contributed by atoms with E-state index < -0.39 is 19.9 Å². The van der Waals surface area contributed by atoms with Crippen LogP contribution in [0.25, 0.3) is 0 Å². The maximum Gasteiger partial charge on any atom is 0.243 e. The highest BCUT2D eigenvalue weighted by Crippen LogP contribution is 2.29. The lowest BCUT2D eigenvalue weighted by Crippen LogP contribution is -2.32. The largest absolute Gasteiger partial charge is 0.392 e. The van der Waals surface area contributed by atoms with Gasteiger partial charge in [0.25, 0.3) is 0 Å². The van der Waals surface area contributed by atoms with Gasteiger partial charge in [-0.1, -0.05) is 6.07 Å². The number of aryl methyl sites for hydroxylation is 1. The first-order valence-corrected chi connectivity index (χ1v) is 10.3. The van der Waals surface area contributed by atoms with Gasteiger partial charge in [-0.25, -0.2) is 16.8 Å². The van der Waals surface area contributed by atoms with Crippen molar-refractivity contribution in [2.24, 2.45) is 0 Å². The van der Waals surface area contributed by atoms with Crippen LogP contribution >= 0.6 is 15.9 Å². The molecule has 0 aliphatic carbocycles. The fourth-order valence-corrected chi connectivity index (χ4v) is 4.59. The highest BCUT2D eigenvalue weighted by Gasteiger charge is 2.25. The molecule has 0 amide bonds. The molecular weight excluding hydrogens is 382 g/mol. The number of nitrogens with zero attached hydrogens (tertiary/aromatic N) is 1. The molecule has 0 heterocycles. The SMILES string of the molecule is Cc1cc(CO)cc(S(=O)(=O)N(C)CCS(C)(=O)=O)c1Br. The summed E-state index contributed by atoms with van der Waals surface area (Å²) in [6.07, 6.45) is 1.06. The van der Waals surface area contributed by atoms with Crippen LogP contribution in [0.3, 0.4) is 0 Å². The zero-order chi connectivity index (χ0) is 16.4. The van der Waals surface area contributed by atoms with E-state index in [2.05, 4.69) is 15.9 Å². The van der Waals surface area contributed by atoms with Gasteiger partial charge in [0, 0.05) is 24.3 Å². The van der Waals surface area contributed by atoms with Crippen molar-refractivity contribution in [3.8, 4) is 0 Å². The molecule has 0 aliphatic heterocycles. The summed E-state index contributed by atoms with van der Waals surface area (Å²) in [6.45, 7) is 1.32. The molecule has 0 spiro atoms. The summed E-state index contributed by atoms with van der Waals surface area (Å²) >= 11 is 3.23. The molecule has 0 radical (unpaired) electrons. The number of aliphatic hydroxyl groups excluding tert-OH is 1. The van der Waals surface area contributed by atoms with Gasteiger partial charge in [-0.2, -0.15) is 4.31 Å². The molecule has 1 aromatic rings. The summed E-state index contributed by atoms with van der Waals surface area (Å²) in [6, 6.07) is 3.06. The number of hydrogen-bond donors (Lipinski definition) is 1. The lowest BCUT2D eigenvalue weighted by molar-refractivity contribution is 0.281. The quantitative estimate of drug-likeness (QED) is 0.767. The average Bonchev–Trinajstić information content (AvgIpc) is 2.37. The van der Waals surface area contributed by atoms with Crippen LogP contribution in [0.2, 0.25) is 0 Å². The van der Waals surface area contributed by atoms with Gasteiger partial charge in [-0.05, 0) is 40.0 Å². The predicted molar refractivity (Wildman–Crippen MR) is 84.3 cm³/mol. The van der Waals surface area contributed by atoms with Gasteiger partial charge >= 0.3 is 0 Å². The number of sulfonamides is 1. The fraction of sp³-hybridized carbons (Fsp3) is 0.500. The van der Waals surface area contributed by atoms with Crippen molar-refractivity contribution in [1.82, 2.24) is 4.31 Å². The smallest absolute Gasteiger partial charge is 0.243 e. The number of aliphatic hydroxyl groups is 1. The molecule has 0 fully saturated rings. The third-order valence-corrected chi connectivity index (χ3v) is 7.05. The standard InChI is InChI=1S/C12H18BrNO5S2/c1-9-6-10(8-15)7-11(12(9)13)21(18,19)14(2)4-5-20(3,16)17/h6-7,15H,4-5,8H2,1-3H3. The van der Waals surface area contributed by atoms with E-state index in [-0.39, 0.29) is 23.8 Å². The molecule has 120 valence electrons. The first-order chi connectivity index (χ1) is 9.49. The Hall–Kier alpha value is -0.480. The Morgan fingerprint density at radius 2 is 1.81 bits per heavy atom. The third kappa shape index (κ3) is 4.75. The summed E-state index contributed by atoms with van der Waals surface area (Å²) in [4.78, 5) is 0.0163. The first-order valence-electron chi connectivity index (χ1n) is 6.03. The normalized spacial score (nSPS) is 12.9. The van der Waals surface area contributed by atoms with Gasteiger partial charge in [0.15, 0.2) is 0 Å². The van der Waals surface area contributed by atoms with Gasteiger partial charge < -0.3 is 5.11 Å². The molecule has 0 unspecified atom stereocenters. The van der Waals surface area contributed by atoms with E-state index in [1.54, 1.807) is 13.0 Å². The lowest BCUT2D eigenvalue weighted by Gasteiger charge is -2.19. The van der Waals surface area contributed by atoms with Crippen LogP contribution in [-0.2, 0) is 26.5 Å². The summed E-state index contributed by atoms with van der Waals surface area (Å²) in [5, 5.41) is 9.19. The zero-order valence-corrected chi connectivity index (χ0v) is 15.2. The summed E-state index contributed by atoms with van der Waals surface area (Å²) in [5.74, 6) is -0.251. The molecule has 21 heavy (non-hydrogen) atoms. The van der Waals surface area contributed by atoms with Crippen molar-refractivity contribution in [2.75, 3.05) is 25.6 Å². The van der Waals surface area contributed by atoms with Crippen molar-refractivity contribution in [2.45, 2.75) is 18.4 Å². The Labute approximate surface area is 133 Å². The average molecular weight is 400 g/mol. The van der Waals surface area contributed by atoms with Crippen LogP contribution in [0, 0.1) is 6.92 Å². The molecule has 0 saturated carbocycles. The van der Waals surface area contributed by atoms with E-state index in [4.69, 9.17) is 0 Å². The second kappa shape index (κ2) is 6.74. The van der Waals surface area contributed by atoms with Crippen molar-refractivity contribution >= 4 is 35.8 Å². The van der Waals surface area contributed by atoms with Crippen molar-refractivity contribution < 1.29 is 21.9 Å². The van der Waals surface area contributed by atoms with E-state index >= 15 is 0 Å².